The summed E-state index contributed by atoms with van der Waals surface area (Å²) in [5.74, 6) is 1.38. The lowest BCUT2D eigenvalue weighted by Gasteiger charge is -2.12. The molecule has 0 saturated carbocycles. The molecule has 7 nitrogen and oxygen atoms in total. The summed E-state index contributed by atoms with van der Waals surface area (Å²) in [5, 5.41) is 6.01. The van der Waals surface area contributed by atoms with E-state index in [1.54, 1.807) is 25.1 Å². The molecule has 0 aliphatic heterocycles. The molecule has 0 bridgehead atoms. The Hall–Kier alpha value is -4.00. The lowest BCUT2D eigenvalue weighted by molar-refractivity contribution is -0.128. The van der Waals surface area contributed by atoms with E-state index in [1.165, 1.54) is 0 Å². The third-order valence-corrected chi connectivity index (χ3v) is 4.99. The number of carbonyl (C=O) groups is 2. The molecule has 0 aliphatic carbocycles. The van der Waals surface area contributed by atoms with Gasteiger partial charge in [0.1, 0.15) is 24.7 Å². The van der Waals surface area contributed by atoms with Crippen molar-refractivity contribution in [1.82, 2.24) is 4.90 Å². The monoisotopic (exact) mass is 461 g/mol. The van der Waals surface area contributed by atoms with Crippen LogP contribution in [0, 0.1) is 0 Å². The first-order valence-corrected chi connectivity index (χ1v) is 11.2. The molecule has 3 aromatic carbocycles. The second kappa shape index (κ2) is 12.9. The second-order valence-corrected chi connectivity index (χ2v) is 7.93. The van der Waals surface area contributed by atoms with Crippen molar-refractivity contribution in [3.8, 4) is 11.5 Å². The molecule has 0 fully saturated rings. The lowest BCUT2D eigenvalue weighted by atomic mass is 10.1. The quantitative estimate of drug-likeness (QED) is 0.395. The Labute approximate surface area is 200 Å². The van der Waals surface area contributed by atoms with Gasteiger partial charge in [-0.25, -0.2) is 0 Å². The van der Waals surface area contributed by atoms with Crippen molar-refractivity contribution in [3.63, 3.8) is 0 Å². The third kappa shape index (κ3) is 8.50. The summed E-state index contributed by atoms with van der Waals surface area (Å²) in [6.45, 7) is 0.938. The third-order valence-electron chi connectivity index (χ3n) is 4.99. The summed E-state index contributed by atoms with van der Waals surface area (Å²) in [5.41, 5.74) is 2.53. The van der Waals surface area contributed by atoms with E-state index < -0.39 is 0 Å². The predicted molar refractivity (Wildman–Crippen MR) is 134 cm³/mol. The van der Waals surface area contributed by atoms with Crippen molar-refractivity contribution in [2.75, 3.05) is 44.5 Å². The number of para-hydroxylation sites is 1. The Kier molecular flexibility index (Phi) is 9.34. The van der Waals surface area contributed by atoms with Crippen LogP contribution in [0.1, 0.15) is 12.0 Å². The highest BCUT2D eigenvalue weighted by molar-refractivity contribution is 5.93. The molecule has 178 valence electrons. The molecular weight excluding hydrogens is 430 g/mol. The minimum atomic E-state index is -0.169. The molecule has 0 saturated heterocycles. The van der Waals surface area contributed by atoms with E-state index in [0.29, 0.717) is 37.5 Å². The number of hydrogen-bond donors (Lipinski definition) is 2. The average Bonchev–Trinajstić information content (AvgIpc) is 2.85. The van der Waals surface area contributed by atoms with Crippen LogP contribution < -0.4 is 20.1 Å². The molecule has 3 aromatic rings. The first kappa shape index (κ1) is 24.6. The molecule has 0 spiro atoms. The van der Waals surface area contributed by atoms with Gasteiger partial charge in [0.25, 0.3) is 0 Å². The fourth-order valence-corrected chi connectivity index (χ4v) is 3.20. The topological polar surface area (TPSA) is 79.9 Å². The van der Waals surface area contributed by atoms with Crippen LogP contribution in [0.3, 0.4) is 0 Å². The Bertz CT molecular complexity index is 1070. The molecule has 0 aromatic heterocycles. The summed E-state index contributed by atoms with van der Waals surface area (Å²) < 4.78 is 11.3. The number of anilines is 2. The largest absolute Gasteiger partial charge is 0.490 e. The molecular formula is C27H31N3O4. The number of rotatable bonds is 12. The van der Waals surface area contributed by atoms with Gasteiger partial charge in [-0.3, -0.25) is 9.59 Å². The van der Waals surface area contributed by atoms with Gasteiger partial charge >= 0.3 is 0 Å². The summed E-state index contributed by atoms with van der Waals surface area (Å²) in [4.78, 5) is 25.8. The number of nitrogens with one attached hydrogen (secondary N) is 2. The lowest BCUT2D eigenvalue weighted by Crippen LogP contribution is -2.22. The molecule has 2 amide bonds. The molecule has 34 heavy (non-hydrogen) atoms. The van der Waals surface area contributed by atoms with E-state index >= 15 is 0 Å². The summed E-state index contributed by atoms with van der Waals surface area (Å²) >= 11 is 0. The maximum atomic E-state index is 12.4. The molecule has 0 aliphatic rings. The SMILES string of the molecule is CN(C)C(=O)CCc1cccc(NCC(=O)Nc2cccc(OCCOc3ccccc3)c2)c1. The maximum absolute atomic E-state index is 12.4. The molecule has 0 atom stereocenters. The van der Waals surface area contributed by atoms with Gasteiger partial charge in [0.05, 0.1) is 6.54 Å². The first-order valence-electron chi connectivity index (χ1n) is 11.2. The van der Waals surface area contributed by atoms with Crippen molar-refractivity contribution in [2.45, 2.75) is 12.8 Å². The Morgan fingerprint density at radius 1 is 0.794 bits per heavy atom. The van der Waals surface area contributed by atoms with Crippen LogP contribution in [0.2, 0.25) is 0 Å². The zero-order chi connectivity index (χ0) is 24.2. The average molecular weight is 462 g/mol. The zero-order valence-electron chi connectivity index (χ0n) is 19.6. The van der Waals surface area contributed by atoms with Gasteiger partial charge < -0.3 is 25.0 Å². The van der Waals surface area contributed by atoms with E-state index in [-0.39, 0.29) is 18.4 Å². The zero-order valence-corrected chi connectivity index (χ0v) is 19.6. The second-order valence-electron chi connectivity index (χ2n) is 7.93. The number of benzene rings is 3. The highest BCUT2D eigenvalue weighted by Gasteiger charge is 2.07. The van der Waals surface area contributed by atoms with Crippen LogP contribution in [0.5, 0.6) is 11.5 Å². The fourth-order valence-electron chi connectivity index (χ4n) is 3.20. The Morgan fingerprint density at radius 2 is 1.47 bits per heavy atom. The van der Waals surface area contributed by atoms with Crippen LogP contribution in [0.4, 0.5) is 11.4 Å². The van der Waals surface area contributed by atoms with Crippen LogP contribution in [0.25, 0.3) is 0 Å². The minimum absolute atomic E-state index is 0.0904. The number of amides is 2. The molecule has 3 rings (SSSR count). The van der Waals surface area contributed by atoms with Gasteiger partial charge in [0.2, 0.25) is 11.8 Å². The standard InChI is InChI=1S/C27H31N3O4/c1-30(2)27(32)15-14-21-8-6-9-22(18-21)28-20-26(31)29-23-10-7-13-25(19-23)34-17-16-33-24-11-4-3-5-12-24/h3-13,18-19,28H,14-17,20H2,1-2H3,(H,29,31). The summed E-state index contributed by atoms with van der Waals surface area (Å²) in [6, 6.07) is 24.6. The van der Waals surface area contributed by atoms with Crippen molar-refractivity contribution in [3.05, 3.63) is 84.4 Å². The van der Waals surface area contributed by atoms with Crippen molar-refractivity contribution >= 4 is 23.2 Å². The van der Waals surface area contributed by atoms with Crippen molar-refractivity contribution < 1.29 is 19.1 Å². The first-order chi connectivity index (χ1) is 16.5. The van der Waals surface area contributed by atoms with Gasteiger partial charge in [0, 0.05) is 38.0 Å². The summed E-state index contributed by atoms with van der Waals surface area (Å²) in [6.07, 6.45) is 1.11. The fraction of sp³-hybridized carbons (Fsp3) is 0.259. The number of carbonyl (C=O) groups excluding carboxylic acids is 2. The van der Waals surface area contributed by atoms with E-state index in [9.17, 15) is 9.59 Å². The number of aryl methyl sites for hydroxylation is 1. The van der Waals surface area contributed by atoms with E-state index in [4.69, 9.17) is 9.47 Å². The highest BCUT2D eigenvalue weighted by Crippen LogP contribution is 2.18. The van der Waals surface area contributed by atoms with Crippen molar-refractivity contribution in [1.29, 1.82) is 0 Å². The van der Waals surface area contributed by atoms with E-state index in [2.05, 4.69) is 10.6 Å². The normalized spacial score (nSPS) is 10.3. The molecule has 0 radical (unpaired) electrons. The van der Waals surface area contributed by atoms with Crippen LogP contribution >= 0.6 is 0 Å². The van der Waals surface area contributed by atoms with Crippen LogP contribution in [0.15, 0.2) is 78.9 Å². The molecule has 2 N–H and O–H groups in total. The maximum Gasteiger partial charge on any atom is 0.243 e. The van der Waals surface area contributed by atoms with Gasteiger partial charge in [-0.05, 0) is 48.4 Å². The van der Waals surface area contributed by atoms with Crippen LogP contribution in [-0.4, -0.2) is 50.6 Å². The number of hydrogen-bond acceptors (Lipinski definition) is 5. The van der Waals surface area contributed by atoms with E-state index in [1.807, 2.05) is 72.8 Å². The van der Waals surface area contributed by atoms with Gasteiger partial charge in [-0.15, -0.1) is 0 Å². The van der Waals surface area contributed by atoms with Crippen LogP contribution in [-0.2, 0) is 16.0 Å². The smallest absolute Gasteiger partial charge is 0.243 e. The molecule has 0 heterocycles. The summed E-state index contributed by atoms with van der Waals surface area (Å²) in [7, 11) is 3.50. The Balaban J connectivity index is 1.41. The number of ether oxygens (including phenoxy) is 2. The predicted octanol–water partition coefficient (Wildman–Crippen LogP) is 4.22. The minimum Gasteiger partial charge on any atom is -0.490 e. The molecule has 7 heteroatoms. The van der Waals surface area contributed by atoms with Gasteiger partial charge in [-0.1, -0.05) is 36.4 Å². The Morgan fingerprint density at radius 3 is 2.24 bits per heavy atom. The van der Waals surface area contributed by atoms with Crippen molar-refractivity contribution in [2.24, 2.45) is 0 Å². The van der Waals surface area contributed by atoms with Gasteiger partial charge in [0.15, 0.2) is 0 Å². The number of nitrogens with zero attached hydrogens (tertiary/aromatic N) is 1. The van der Waals surface area contributed by atoms with Gasteiger partial charge in [-0.2, -0.15) is 0 Å². The highest BCUT2D eigenvalue weighted by atomic mass is 16.5. The molecule has 0 unspecified atom stereocenters. The van der Waals surface area contributed by atoms with E-state index in [0.717, 1.165) is 17.0 Å².